The molecular formula is C20H24O6. The molecule has 6 nitrogen and oxygen atoms in total. The van der Waals surface area contributed by atoms with Crippen LogP contribution in [0.25, 0.3) is 0 Å². The van der Waals surface area contributed by atoms with Gasteiger partial charge in [0.15, 0.2) is 0 Å². The van der Waals surface area contributed by atoms with Crippen molar-refractivity contribution in [3.63, 3.8) is 0 Å². The molecule has 2 aromatic rings. The summed E-state index contributed by atoms with van der Waals surface area (Å²) in [5, 5.41) is 26.6. The van der Waals surface area contributed by atoms with Crippen molar-refractivity contribution >= 4 is 11.9 Å². The van der Waals surface area contributed by atoms with Gasteiger partial charge in [0.25, 0.3) is 0 Å². The first-order valence-electron chi connectivity index (χ1n) is 8.34. The lowest BCUT2D eigenvalue weighted by Crippen LogP contribution is -2.04. The van der Waals surface area contributed by atoms with Crippen molar-refractivity contribution < 1.29 is 29.6 Å². The van der Waals surface area contributed by atoms with E-state index in [9.17, 15) is 9.59 Å². The van der Waals surface area contributed by atoms with Gasteiger partial charge in [0.1, 0.15) is 11.5 Å². The smallest absolute Gasteiger partial charge is 0.306 e. The molecule has 0 aliphatic heterocycles. The summed E-state index contributed by atoms with van der Waals surface area (Å²) in [5.74, 6) is -0.613. The first-order chi connectivity index (χ1) is 12.4. The van der Waals surface area contributed by atoms with Crippen molar-refractivity contribution in [1.82, 2.24) is 0 Å². The quantitative estimate of drug-likeness (QED) is 0.655. The molecule has 0 aromatic heterocycles. The number of carboxylic acid groups (broad SMARTS) is 1. The first-order valence-corrected chi connectivity index (χ1v) is 8.34. The van der Waals surface area contributed by atoms with Crippen LogP contribution >= 0.6 is 0 Å². The van der Waals surface area contributed by atoms with Crippen LogP contribution in [0.1, 0.15) is 30.9 Å². The van der Waals surface area contributed by atoms with Gasteiger partial charge >= 0.3 is 11.9 Å². The van der Waals surface area contributed by atoms with E-state index in [4.69, 9.17) is 20.1 Å². The van der Waals surface area contributed by atoms with Gasteiger partial charge in [-0.05, 0) is 55.2 Å². The number of aliphatic carboxylic acids is 1. The van der Waals surface area contributed by atoms with Crippen LogP contribution in [0.3, 0.4) is 0 Å². The van der Waals surface area contributed by atoms with Gasteiger partial charge in [0, 0.05) is 12.8 Å². The summed E-state index contributed by atoms with van der Waals surface area (Å²) in [5.41, 5.74) is 1.79. The number of ether oxygens (including phenoxy) is 1. The van der Waals surface area contributed by atoms with Gasteiger partial charge in [-0.2, -0.15) is 0 Å². The minimum Gasteiger partial charge on any atom is -0.508 e. The standard InChI is InChI=1S/C11H14O3.C9H10O3/c1-2-14-11(13)7-6-9-4-3-5-10(12)8-9;10-8-3-1-2-7(6-8)4-5-9(11)12/h3-5,8,12H,2,6-7H2,1H3;1-3,6,10H,4-5H2,(H,11,12). The number of phenols is 2. The van der Waals surface area contributed by atoms with Crippen LogP contribution < -0.4 is 0 Å². The van der Waals surface area contributed by atoms with E-state index in [1.54, 1.807) is 49.4 Å². The number of carboxylic acids is 1. The minimum absolute atomic E-state index is 0.101. The fourth-order valence-electron chi connectivity index (χ4n) is 2.15. The zero-order valence-corrected chi connectivity index (χ0v) is 14.7. The predicted molar refractivity (Wildman–Crippen MR) is 97.1 cm³/mol. The van der Waals surface area contributed by atoms with Gasteiger partial charge in [-0.3, -0.25) is 9.59 Å². The molecule has 0 bridgehead atoms. The number of phenolic OH excluding ortho intramolecular Hbond substituents is 2. The van der Waals surface area contributed by atoms with E-state index in [2.05, 4.69) is 0 Å². The number of hydrogen-bond donors (Lipinski definition) is 3. The van der Waals surface area contributed by atoms with Crippen LogP contribution in [-0.2, 0) is 27.2 Å². The predicted octanol–water partition coefficient (Wildman–Crippen LogP) is 3.30. The highest BCUT2D eigenvalue weighted by Gasteiger charge is 2.02. The van der Waals surface area contributed by atoms with Crippen LogP contribution in [0.15, 0.2) is 48.5 Å². The second-order valence-electron chi connectivity index (χ2n) is 5.54. The third-order valence-corrected chi connectivity index (χ3v) is 3.37. The second-order valence-corrected chi connectivity index (χ2v) is 5.54. The second kappa shape index (κ2) is 11.5. The highest BCUT2D eigenvalue weighted by molar-refractivity contribution is 5.69. The summed E-state index contributed by atoms with van der Waals surface area (Å²) in [6.45, 7) is 2.20. The summed E-state index contributed by atoms with van der Waals surface area (Å²) in [6, 6.07) is 13.5. The van der Waals surface area contributed by atoms with Crippen LogP contribution in [0, 0.1) is 0 Å². The van der Waals surface area contributed by atoms with Crippen LogP contribution in [0.5, 0.6) is 11.5 Å². The van der Waals surface area contributed by atoms with Gasteiger partial charge in [-0.15, -0.1) is 0 Å². The topological polar surface area (TPSA) is 104 Å². The SMILES string of the molecule is CCOC(=O)CCc1cccc(O)c1.O=C(O)CCc1cccc(O)c1. The Morgan fingerprint density at radius 1 is 0.885 bits per heavy atom. The van der Waals surface area contributed by atoms with E-state index < -0.39 is 5.97 Å². The van der Waals surface area contributed by atoms with Crippen molar-refractivity contribution in [1.29, 1.82) is 0 Å². The Balaban J connectivity index is 0.000000263. The molecular weight excluding hydrogens is 336 g/mol. The molecule has 0 saturated carbocycles. The van der Waals surface area contributed by atoms with Crippen LogP contribution in [0.4, 0.5) is 0 Å². The molecule has 3 N–H and O–H groups in total. The molecule has 0 spiro atoms. The summed E-state index contributed by atoms with van der Waals surface area (Å²) < 4.78 is 4.79. The maximum atomic E-state index is 11.0. The maximum absolute atomic E-state index is 11.0. The Morgan fingerprint density at radius 3 is 1.81 bits per heavy atom. The van der Waals surface area contributed by atoms with Crippen molar-refractivity contribution in [2.45, 2.75) is 32.6 Å². The number of rotatable bonds is 7. The lowest BCUT2D eigenvalue weighted by atomic mass is 10.1. The Hall–Kier alpha value is -3.02. The molecule has 0 radical (unpaired) electrons. The third-order valence-electron chi connectivity index (χ3n) is 3.37. The Labute approximate surface area is 152 Å². The minimum atomic E-state index is -0.821. The summed E-state index contributed by atoms with van der Waals surface area (Å²) >= 11 is 0. The molecule has 0 amide bonds. The Bertz CT molecular complexity index is 711. The lowest BCUT2D eigenvalue weighted by molar-refractivity contribution is -0.143. The molecule has 0 fully saturated rings. The zero-order chi connectivity index (χ0) is 19.4. The van der Waals surface area contributed by atoms with Crippen molar-refractivity contribution in [3.8, 4) is 11.5 Å². The van der Waals surface area contributed by atoms with E-state index in [0.29, 0.717) is 25.9 Å². The highest BCUT2D eigenvalue weighted by Crippen LogP contribution is 2.13. The zero-order valence-electron chi connectivity index (χ0n) is 14.7. The van der Waals surface area contributed by atoms with Crippen LogP contribution in [-0.4, -0.2) is 33.9 Å². The molecule has 2 rings (SSSR count). The van der Waals surface area contributed by atoms with Gasteiger partial charge in [-0.25, -0.2) is 0 Å². The number of esters is 1. The fraction of sp³-hybridized carbons (Fsp3) is 0.300. The molecule has 0 aliphatic rings. The largest absolute Gasteiger partial charge is 0.508 e. The van der Waals surface area contributed by atoms with Crippen LogP contribution in [0.2, 0.25) is 0 Å². The van der Waals surface area contributed by atoms with Crippen molar-refractivity contribution in [2.75, 3.05) is 6.61 Å². The maximum Gasteiger partial charge on any atom is 0.306 e. The Morgan fingerprint density at radius 2 is 1.38 bits per heavy atom. The molecule has 0 saturated heterocycles. The van der Waals surface area contributed by atoms with E-state index in [1.165, 1.54) is 0 Å². The average molecular weight is 360 g/mol. The third kappa shape index (κ3) is 9.32. The van der Waals surface area contributed by atoms with Gasteiger partial charge in [0.05, 0.1) is 6.61 Å². The normalized spacial score (nSPS) is 9.73. The van der Waals surface area contributed by atoms with E-state index in [-0.39, 0.29) is 23.9 Å². The van der Waals surface area contributed by atoms with Gasteiger partial charge in [-0.1, -0.05) is 24.3 Å². The molecule has 26 heavy (non-hydrogen) atoms. The molecule has 140 valence electrons. The molecule has 2 aromatic carbocycles. The number of aromatic hydroxyl groups is 2. The molecule has 0 atom stereocenters. The summed E-state index contributed by atoms with van der Waals surface area (Å²) in [7, 11) is 0. The summed E-state index contributed by atoms with van der Waals surface area (Å²) in [6.07, 6.45) is 1.53. The molecule has 6 heteroatoms. The average Bonchev–Trinajstić information content (AvgIpc) is 2.59. The number of aryl methyl sites for hydroxylation is 2. The first kappa shape index (κ1) is 21.0. The van der Waals surface area contributed by atoms with E-state index in [1.807, 2.05) is 6.07 Å². The van der Waals surface area contributed by atoms with Crippen molar-refractivity contribution in [3.05, 3.63) is 59.7 Å². The van der Waals surface area contributed by atoms with Gasteiger partial charge in [0.2, 0.25) is 0 Å². The monoisotopic (exact) mass is 360 g/mol. The van der Waals surface area contributed by atoms with E-state index in [0.717, 1.165) is 11.1 Å². The Kier molecular flexibility index (Phi) is 9.31. The van der Waals surface area contributed by atoms with Crippen molar-refractivity contribution in [2.24, 2.45) is 0 Å². The number of carbonyl (C=O) groups excluding carboxylic acids is 1. The number of hydrogen-bond acceptors (Lipinski definition) is 5. The van der Waals surface area contributed by atoms with Gasteiger partial charge < -0.3 is 20.1 Å². The lowest BCUT2D eigenvalue weighted by Gasteiger charge is -2.02. The highest BCUT2D eigenvalue weighted by atomic mass is 16.5. The van der Waals surface area contributed by atoms with E-state index >= 15 is 0 Å². The molecule has 0 unspecified atom stereocenters. The number of benzene rings is 2. The number of carbonyl (C=O) groups is 2. The molecule has 0 heterocycles. The summed E-state index contributed by atoms with van der Waals surface area (Å²) in [4.78, 5) is 21.2. The fourth-order valence-corrected chi connectivity index (χ4v) is 2.15. The molecule has 0 aliphatic carbocycles.